The highest BCUT2D eigenvalue weighted by molar-refractivity contribution is 5.83. The molecule has 0 heterocycles. The lowest BCUT2D eigenvalue weighted by molar-refractivity contribution is -0.128. The summed E-state index contributed by atoms with van der Waals surface area (Å²) in [5.74, 6) is 1.75. The van der Waals surface area contributed by atoms with E-state index in [-0.39, 0.29) is 12.5 Å². The van der Waals surface area contributed by atoms with E-state index in [9.17, 15) is 9.90 Å². The van der Waals surface area contributed by atoms with E-state index in [1.54, 1.807) is 0 Å². The molecule has 0 bridgehead atoms. The highest BCUT2D eigenvalue weighted by Gasteiger charge is 2.26. The monoisotopic (exact) mass is 342 g/mol. The maximum Gasteiger partial charge on any atom is 0.227 e. The van der Waals surface area contributed by atoms with Crippen molar-refractivity contribution in [2.75, 3.05) is 32.8 Å². The molecule has 0 aromatic rings. The molecule has 0 saturated carbocycles. The first-order chi connectivity index (χ1) is 11.3. The van der Waals surface area contributed by atoms with Crippen LogP contribution in [-0.4, -0.2) is 49.8 Å². The average molecular weight is 343 g/mol. The lowest BCUT2D eigenvalue weighted by Gasteiger charge is -2.23. The minimum absolute atomic E-state index is 0.0163. The number of nitrogens with zero attached hydrogens (tertiary/aromatic N) is 1. The number of carbonyl (C=O) groups excluding carboxylic acids is 1. The summed E-state index contributed by atoms with van der Waals surface area (Å²) in [5.41, 5.74) is -0.541. The van der Waals surface area contributed by atoms with Crippen LogP contribution < -0.4 is 16.0 Å². The van der Waals surface area contributed by atoms with Crippen molar-refractivity contribution >= 4 is 11.9 Å². The first-order valence-corrected chi connectivity index (χ1v) is 9.18. The molecule has 1 amide bonds. The first kappa shape index (κ1) is 22.7. The van der Waals surface area contributed by atoms with E-state index in [1.165, 1.54) is 0 Å². The summed E-state index contributed by atoms with van der Waals surface area (Å²) < 4.78 is 0. The van der Waals surface area contributed by atoms with Crippen LogP contribution in [0.15, 0.2) is 4.99 Å². The van der Waals surface area contributed by atoms with Crippen molar-refractivity contribution in [1.29, 1.82) is 0 Å². The smallest absolute Gasteiger partial charge is 0.227 e. The number of hydrogen-bond acceptors (Lipinski definition) is 3. The zero-order chi connectivity index (χ0) is 18.6. The maximum absolute atomic E-state index is 12.1. The van der Waals surface area contributed by atoms with E-state index in [4.69, 9.17) is 0 Å². The lowest BCUT2D eigenvalue weighted by atomic mass is 9.92. The summed E-state index contributed by atoms with van der Waals surface area (Å²) in [7, 11) is 0. The van der Waals surface area contributed by atoms with Gasteiger partial charge in [0.05, 0.1) is 12.0 Å². The minimum atomic E-state index is -0.541. The van der Waals surface area contributed by atoms with Gasteiger partial charge in [0.25, 0.3) is 0 Å². The van der Waals surface area contributed by atoms with Crippen LogP contribution in [0.5, 0.6) is 0 Å². The molecule has 0 radical (unpaired) electrons. The van der Waals surface area contributed by atoms with Gasteiger partial charge in [-0.25, -0.2) is 0 Å². The summed E-state index contributed by atoms with van der Waals surface area (Å²) in [5, 5.41) is 18.6. The third kappa shape index (κ3) is 9.75. The van der Waals surface area contributed by atoms with Gasteiger partial charge in [0.1, 0.15) is 0 Å². The molecule has 0 aliphatic heterocycles. The van der Waals surface area contributed by atoms with Crippen molar-refractivity contribution in [2.24, 2.45) is 22.2 Å². The maximum atomic E-state index is 12.1. The van der Waals surface area contributed by atoms with Crippen molar-refractivity contribution in [2.45, 2.75) is 54.4 Å². The Morgan fingerprint density at radius 2 is 1.75 bits per heavy atom. The molecule has 0 rings (SSSR count). The van der Waals surface area contributed by atoms with E-state index in [0.717, 1.165) is 31.9 Å². The molecule has 0 aliphatic rings. The SMILES string of the molecule is CCNC(=O)C(C)(C)CN=C(NCC)NCC(CCO)CC(C)C. The number of nitrogens with one attached hydrogen (secondary N) is 3. The van der Waals surface area contributed by atoms with Gasteiger partial charge in [-0.3, -0.25) is 9.79 Å². The summed E-state index contributed by atoms with van der Waals surface area (Å²) in [6.07, 6.45) is 1.85. The van der Waals surface area contributed by atoms with Crippen LogP contribution in [-0.2, 0) is 4.79 Å². The Hall–Kier alpha value is -1.30. The quantitative estimate of drug-likeness (QED) is 0.340. The van der Waals surface area contributed by atoms with Crippen LogP contribution in [0.2, 0.25) is 0 Å². The summed E-state index contributed by atoms with van der Waals surface area (Å²) in [4.78, 5) is 16.6. The number of aliphatic hydroxyl groups excluding tert-OH is 1. The Morgan fingerprint density at radius 1 is 1.12 bits per heavy atom. The number of guanidine groups is 1. The number of aliphatic imine (C=N–C) groups is 1. The van der Waals surface area contributed by atoms with Crippen LogP contribution in [0, 0.1) is 17.3 Å². The zero-order valence-electron chi connectivity index (χ0n) is 16.4. The molecule has 1 unspecified atom stereocenters. The molecule has 1 atom stereocenters. The number of carbonyl (C=O) groups is 1. The lowest BCUT2D eigenvalue weighted by Crippen LogP contribution is -2.43. The molecule has 0 aromatic carbocycles. The Kier molecular flexibility index (Phi) is 11.5. The van der Waals surface area contributed by atoms with E-state index in [2.05, 4.69) is 34.8 Å². The van der Waals surface area contributed by atoms with E-state index >= 15 is 0 Å². The topological polar surface area (TPSA) is 85.8 Å². The largest absolute Gasteiger partial charge is 0.396 e. The molecule has 0 aliphatic carbocycles. The van der Waals surface area contributed by atoms with Gasteiger partial charge in [-0.1, -0.05) is 13.8 Å². The summed E-state index contributed by atoms with van der Waals surface area (Å²) in [6, 6.07) is 0. The van der Waals surface area contributed by atoms with Crippen molar-refractivity contribution in [3.63, 3.8) is 0 Å². The predicted octanol–water partition coefficient (Wildman–Crippen LogP) is 1.75. The summed E-state index contributed by atoms with van der Waals surface area (Å²) >= 11 is 0. The number of rotatable bonds is 11. The van der Waals surface area contributed by atoms with Crippen molar-refractivity contribution in [3.05, 3.63) is 0 Å². The third-order valence-electron chi connectivity index (χ3n) is 3.83. The fourth-order valence-corrected chi connectivity index (χ4v) is 2.48. The van der Waals surface area contributed by atoms with E-state index in [1.807, 2.05) is 27.7 Å². The normalized spacial score (nSPS) is 13.8. The first-order valence-electron chi connectivity index (χ1n) is 9.18. The van der Waals surface area contributed by atoms with Crippen LogP contribution in [0.3, 0.4) is 0 Å². The third-order valence-corrected chi connectivity index (χ3v) is 3.83. The molecule has 6 nitrogen and oxygen atoms in total. The molecule has 24 heavy (non-hydrogen) atoms. The average Bonchev–Trinajstić information content (AvgIpc) is 2.49. The van der Waals surface area contributed by atoms with Crippen LogP contribution in [0.1, 0.15) is 54.4 Å². The van der Waals surface area contributed by atoms with Gasteiger partial charge in [0.15, 0.2) is 5.96 Å². The standard InChI is InChI=1S/C18H38N4O2/c1-7-19-16(24)18(5,6)13-22-17(20-8-2)21-12-15(9-10-23)11-14(3)4/h14-15,23H,7-13H2,1-6H3,(H,19,24)(H2,20,21,22). The number of aliphatic hydroxyl groups is 1. The van der Waals surface area contributed by atoms with E-state index in [0.29, 0.717) is 24.9 Å². The van der Waals surface area contributed by atoms with Crippen molar-refractivity contribution in [3.8, 4) is 0 Å². The molecule has 0 saturated heterocycles. The molecule has 0 fully saturated rings. The van der Waals surface area contributed by atoms with Crippen LogP contribution in [0.4, 0.5) is 0 Å². The fraction of sp³-hybridized carbons (Fsp3) is 0.889. The van der Waals surface area contributed by atoms with Gasteiger partial charge in [0, 0.05) is 26.2 Å². The van der Waals surface area contributed by atoms with Gasteiger partial charge in [-0.2, -0.15) is 0 Å². The van der Waals surface area contributed by atoms with Gasteiger partial charge in [0.2, 0.25) is 5.91 Å². The number of amides is 1. The Bertz CT molecular complexity index is 381. The van der Waals surface area contributed by atoms with Gasteiger partial charge in [-0.15, -0.1) is 0 Å². The number of hydrogen-bond donors (Lipinski definition) is 4. The highest BCUT2D eigenvalue weighted by atomic mass is 16.3. The van der Waals surface area contributed by atoms with Gasteiger partial charge < -0.3 is 21.1 Å². The molecular formula is C18H38N4O2. The van der Waals surface area contributed by atoms with E-state index < -0.39 is 5.41 Å². The molecule has 0 spiro atoms. The second-order valence-electron chi connectivity index (χ2n) is 7.33. The molecule has 6 heteroatoms. The molecule has 142 valence electrons. The van der Waals surface area contributed by atoms with Crippen molar-refractivity contribution in [1.82, 2.24) is 16.0 Å². The fourth-order valence-electron chi connectivity index (χ4n) is 2.48. The van der Waals surface area contributed by atoms with Gasteiger partial charge >= 0.3 is 0 Å². The predicted molar refractivity (Wildman–Crippen MR) is 101 cm³/mol. The Morgan fingerprint density at radius 3 is 2.25 bits per heavy atom. The molecular weight excluding hydrogens is 304 g/mol. The van der Waals surface area contributed by atoms with Crippen molar-refractivity contribution < 1.29 is 9.90 Å². The Balaban J connectivity index is 4.73. The minimum Gasteiger partial charge on any atom is -0.396 e. The zero-order valence-corrected chi connectivity index (χ0v) is 16.4. The second-order valence-corrected chi connectivity index (χ2v) is 7.33. The summed E-state index contributed by atoms with van der Waals surface area (Å²) in [6.45, 7) is 14.9. The molecule has 4 N–H and O–H groups in total. The van der Waals surface area contributed by atoms with Crippen LogP contribution in [0.25, 0.3) is 0 Å². The Labute approximate surface area is 147 Å². The second kappa shape index (κ2) is 12.1. The molecule has 0 aromatic heterocycles. The highest BCUT2D eigenvalue weighted by Crippen LogP contribution is 2.16. The van der Waals surface area contributed by atoms with Crippen LogP contribution >= 0.6 is 0 Å². The van der Waals surface area contributed by atoms with Gasteiger partial charge in [-0.05, 0) is 52.4 Å².